The molecular weight excluding hydrogens is 246 g/mol. The van der Waals surface area contributed by atoms with Gasteiger partial charge in [-0.1, -0.05) is 18.3 Å². The first-order valence-electron chi connectivity index (χ1n) is 6.10. The highest BCUT2D eigenvalue weighted by Gasteiger charge is 2.04. The second-order valence-electron chi connectivity index (χ2n) is 4.18. The Labute approximate surface area is 112 Å². The van der Waals surface area contributed by atoms with E-state index in [1.165, 1.54) is 0 Å². The number of nitrogens with zero attached hydrogens (tertiary/aromatic N) is 2. The Morgan fingerprint density at radius 1 is 1.44 bits per heavy atom. The highest BCUT2D eigenvalue weighted by molar-refractivity contribution is 7.22. The summed E-state index contributed by atoms with van der Waals surface area (Å²) in [5.41, 5.74) is 1.02. The molecule has 0 radical (unpaired) electrons. The summed E-state index contributed by atoms with van der Waals surface area (Å²) in [6, 6.07) is 5.96. The number of thiazole rings is 1. The van der Waals surface area contributed by atoms with Crippen LogP contribution in [-0.2, 0) is 0 Å². The summed E-state index contributed by atoms with van der Waals surface area (Å²) in [5, 5.41) is 4.34. The van der Waals surface area contributed by atoms with Crippen molar-refractivity contribution in [3.63, 3.8) is 0 Å². The number of likely N-dealkylation sites (N-methyl/N-ethyl adjacent to an activating group) is 1. The van der Waals surface area contributed by atoms with Crippen LogP contribution < -0.4 is 10.1 Å². The van der Waals surface area contributed by atoms with Gasteiger partial charge < -0.3 is 15.0 Å². The van der Waals surface area contributed by atoms with E-state index in [0.717, 1.165) is 40.7 Å². The van der Waals surface area contributed by atoms with Crippen LogP contribution in [0.4, 0.5) is 5.13 Å². The van der Waals surface area contributed by atoms with Gasteiger partial charge in [0.15, 0.2) is 5.13 Å². The van der Waals surface area contributed by atoms with Crippen LogP contribution in [0.25, 0.3) is 10.2 Å². The molecule has 4 nitrogen and oxygen atoms in total. The zero-order valence-corrected chi connectivity index (χ0v) is 11.9. The number of benzene rings is 1. The van der Waals surface area contributed by atoms with E-state index in [2.05, 4.69) is 29.2 Å². The maximum atomic E-state index is 5.21. The van der Waals surface area contributed by atoms with Crippen molar-refractivity contribution in [2.45, 2.75) is 6.92 Å². The normalized spacial score (nSPS) is 11.1. The van der Waals surface area contributed by atoms with Crippen molar-refractivity contribution in [2.75, 3.05) is 39.1 Å². The Balaban J connectivity index is 2.01. The van der Waals surface area contributed by atoms with Crippen molar-refractivity contribution in [3.8, 4) is 5.75 Å². The van der Waals surface area contributed by atoms with E-state index in [1.54, 1.807) is 18.4 Å². The van der Waals surface area contributed by atoms with E-state index in [1.807, 2.05) is 18.2 Å². The van der Waals surface area contributed by atoms with Gasteiger partial charge >= 0.3 is 0 Å². The quantitative estimate of drug-likeness (QED) is 0.871. The SMILES string of the molecule is CCN(C)CCNc1nc2ccc(OC)cc2s1. The van der Waals surface area contributed by atoms with Crippen LogP contribution in [-0.4, -0.2) is 43.7 Å². The molecule has 2 rings (SSSR count). The predicted molar refractivity (Wildman–Crippen MR) is 77.8 cm³/mol. The zero-order valence-electron chi connectivity index (χ0n) is 11.1. The minimum Gasteiger partial charge on any atom is -0.497 e. The van der Waals surface area contributed by atoms with Crippen LogP contribution in [0.2, 0.25) is 0 Å². The smallest absolute Gasteiger partial charge is 0.183 e. The molecule has 98 valence electrons. The zero-order chi connectivity index (χ0) is 13.0. The summed E-state index contributed by atoms with van der Waals surface area (Å²) in [6.07, 6.45) is 0. The number of nitrogens with one attached hydrogen (secondary N) is 1. The van der Waals surface area contributed by atoms with Gasteiger partial charge in [-0.2, -0.15) is 0 Å². The first-order chi connectivity index (χ1) is 8.72. The first kappa shape index (κ1) is 13.1. The fraction of sp³-hybridized carbons (Fsp3) is 0.462. The lowest BCUT2D eigenvalue weighted by molar-refractivity contribution is 0.367. The van der Waals surface area contributed by atoms with Crippen molar-refractivity contribution < 1.29 is 4.74 Å². The lowest BCUT2D eigenvalue weighted by atomic mass is 10.3. The highest BCUT2D eigenvalue weighted by atomic mass is 32.1. The summed E-state index contributed by atoms with van der Waals surface area (Å²) in [5.74, 6) is 0.878. The number of hydrogen-bond donors (Lipinski definition) is 1. The van der Waals surface area contributed by atoms with Gasteiger partial charge in [-0.15, -0.1) is 0 Å². The van der Waals surface area contributed by atoms with Crippen LogP contribution in [0.3, 0.4) is 0 Å². The second kappa shape index (κ2) is 6.02. The Morgan fingerprint density at radius 3 is 3.00 bits per heavy atom. The molecule has 2 aromatic rings. The molecule has 0 unspecified atom stereocenters. The van der Waals surface area contributed by atoms with Crippen molar-refractivity contribution >= 4 is 26.7 Å². The second-order valence-corrected chi connectivity index (χ2v) is 5.21. The fourth-order valence-electron chi connectivity index (χ4n) is 1.62. The van der Waals surface area contributed by atoms with Crippen LogP contribution in [0.1, 0.15) is 6.92 Å². The number of hydrogen-bond acceptors (Lipinski definition) is 5. The molecule has 0 saturated carbocycles. The molecule has 18 heavy (non-hydrogen) atoms. The summed E-state index contributed by atoms with van der Waals surface area (Å²) in [7, 11) is 3.80. The van der Waals surface area contributed by atoms with Crippen LogP contribution in [0.5, 0.6) is 5.75 Å². The third-order valence-corrected chi connectivity index (χ3v) is 3.88. The molecule has 0 fully saturated rings. The molecule has 0 bridgehead atoms. The number of methoxy groups -OCH3 is 1. The molecule has 5 heteroatoms. The lowest BCUT2D eigenvalue weighted by Crippen LogP contribution is -2.24. The molecule has 1 heterocycles. The molecule has 0 spiro atoms. The van der Waals surface area contributed by atoms with E-state index in [9.17, 15) is 0 Å². The molecule has 1 N–H and O–H groups in total. The Kier molecular flexibility index (Phi) is 4.38. The molecule has 0 aliphatic rings. The Morgan fingerprint density at radius 2 is 2.28 bits per heavy atom. The number of ether oxygens (including phenoxy) is 1. The maximum Gasteiger partial charge on any atom is 0.183 e. The van der Waals surface area contributed by atoms with Crippen LogP contribution >= 0.6 is 11.3 Å². The third-order valence-electron chi connectivity index (χ3n) is 2.91. The molecule has 1 aromatic heterocycles. The van der Waals surface area contributed by atoms with Gasteiger partial charge in [0, 0.05) is 13.1 Å². The Bertz CT molecular complexity index is 512. The number of anilines is 1. The van der Waals surface area contributed by atoms with Crippen molar-refractivity contribution in [1.29, 1.82) is 0 Å². The number of aromatic nitrogens is 1. The molecule has 0 aliphatic carbocycles. The molecule has 0 amide bonds. The summed E-state index contributed by atoms with van der Waals surface area (Å²) < 4.78 is 6.36. The molecule has 0 saturated heterocycles. The first-order valence-corrected chi connectivity index (χ1v) is 6.91. The van der Waals surface area contributed by atoms with Gasteiger partial charge in [-0.25, -0.2) is 4.98 Å². The van der Waals surface area contributed by atoms with Crippen molar-refractivity contribution in [2.24, 2.45) is 0 Å². The number of rotatable bonds is 6. The summed E-state index contributed by atoms with van der Waals surface area (Å²) in [6.45, 7) is 5.17. The van der Waals surface area contributed by atoms with Gasteiger partial charge in [0.2, 0.25) is 0 Å². The standard InChI is InChI=1S/C13H19N3OS/c1-4-16(2)8-7-14-13-15-11-6-5-10(17-3)9-12(11)18-13/h5-6,9H,4,7-8H2,1-3H3,(H,14,15). The topological polar surface area (TPSA) is 37.4 Å². The summed E-state index contributed by atoms with van der Waals surface area (Å²) >= 11 is 1.67. The predicted octanol–water partition coefficient (Wildman–Crippen LogP) is 2.67. The van der Waals surface area contributed by atoms with Gasteiger partial charge in [-0.3, -0.25) is 0 Å². The largest absolute Gasteiger partial charge is 0.497 e. The van der Waals surface area contributed by atoms with E-state index >= 15 is 0 Å². The minimum absolute atomic E-state index is 0.878. The average molecular weight is 265 g/mol. The third kappa shape index (κ3) is 3.11. The van der Waals surface area contributed by atoms with E-state index in [-0.39, 0.29) is 0 Å². The monoisotopic (exact) mass is 265 g/mol. The van der Waals surface area contributed by atoms with Gasteiger partial charge in [-0.05, 0) is 31.8 Å². The lowest BCUT2D eigenvalue weighted by Gasteiger charge is -2.13. The van der Waals surface area contributed by atoms with Gasteiger partial charge in [0.1, 0.15) is 5.75 Å². The van der Waals surface area contributed by atoms with Gasteiger partial charge in [0.25, 0.3) is 0 Å². The van der Waals surface area contributed by atoms with Crippen molar-refractivity contribution in [3.05, 3.63) is 18.2 Å². The van der Waals surface area contributed by atoms with E-state index in [0.29, 0.717) is 0 Å². The minimum atomic E-state index is 0.878. The summed E-state index contributed by atoms with van der Waals surface area (Å²) in [4.78, 5) is 6.81. The highest BCUT2D eigenvalue weighted by Crippen LogP contribution is 2.28. The molecule has 1 aromatic carbocycles. The van der Waals surface area contributed by atoms with Crippen LogP contribution in [0.15, 0.2) is 18.2 Å². The molecule has 0 atom stereocenters. The molecular formula is C13H19N3OS. The van der Waals surface area contributed by atoms with Gasteiger partial charge in [0.05, 0.1) is 17.3 Å². The van der Waals surface area contributed by atoms with E-state index < -0.39 is 0 Å². The average Bonchev–Trinajstić information content (AvgIpc) is 2.79. The number of fused-ring (bicyclic) bond motifs is 1. The maximum absolute atomic E-state index is 5.21. The fourth-order valence-corrected chi connectivity index (χ4v) is 2.54. The van der Waals surface area contributed by atoms with Crippen LogP contribution in [0, 0.1) is 0 Å². The van der Waals surface area contributed by atoms with Crippen molar-refractivity contribution in [1.82, 2.24) is 9.88 Å². The van der Waals surface area contributed by atoms with E-state index in [4.69, 9.17) is 4.74 Å². The molecule has 0 aliphatic heterocycles. The Hall–Kier alpha value is -1.33.